The van der Waals surface area contributed by atoms with Crippen molar-refractivity contribution in [1.29, 1.82) is 0 Å². The van der Waals surface area contributed by atoms with E-state index < -0.39 is 5.97 Å². The summed E-state index contributed by atoms with van der Waals surface area (Å²) in [5.41, 5.74) is 3.75. The van der Waals surface area contributed by atoms with Crippen LogP contribution in [0.25, 0.3) is 22.7 Å². The van der Waals surface area contributed by atoms with Crippen LogP contribution in [0, 0.1) is 5.92 Å². The number of carbonyl (C=O) groups is 1. The van der Waals surface area contributed by atoms with Gasteiger partial charge in [-0.1, -0.05) is 67.6 Å². The molecule has 146 valence electrons. The van der Waals surface area contributed by atoms with Crippen molar-refractivity contribution < 1.29 is 19.1 Å². The number of aliphatic carboxylic acids is 1. The molecule has 0 saturated heterocycles. The number of oxazole rings is 1. The Kier molecular flexibility index (Phi) is 5.29. The second-order valence-corrected chi connectivity index (χ2v) is 6.94. The maximum absolute atomic E-state index is 10.9. The molecule has 0 fully saturated rings. The van der Waals surface area contributed by atoms with Gasteiger partial charge in [0.2, 0.25) is 5.89 Å². The molecule has 1 heterocycles. The van der Waals surface area contributed by atoms with E-state index in [1.807, 2.05) is 73.7 Å². The molecule has 29 heavy (non-hydrogen) atoms. The number of hydrogen-bond donors (Lipinski definition) is 1. The summed E-state index contributed by atoms with van der Waals surface area (Å²) in [6.07, 6.45) is 7.50. The predicted molar refractivity (Wildman–Crippen MR) is 110 cm³/mol. The second kappa shape index (κ2) is 8.19. The smallest absolute Gasteiger partial charge is 0.341 e. The van der Waals surface area contributed by atoms with Gasteiger partial charge in [-0.15, -0.1) is 0 Å². The van der Waals surface area contributed by atoms with E-state index in [9.17, 15) is 4.79 Å². The number of rotatable bonds is 6. The van der Waals surface area contributed by atoms with Gasteiger partial charge in [0.25, 0.3) is 0 Å². The molecule has 0 saturated carbocycles. The summed E-state index contributed by atoms with van der Waals surface area (Å²) in [5, 5.41) is 8.91. The van der Waals surface area contributed by atoms with Crippen molar-refractivity contribution in [2.75, 3.05) is 6.61 Å². The highest BCUT2D eigenvalue weighted by Crippen LogP contribution is 2.39. The van der Waals surface area contributed by atoms with Crippen molar-refractivity contribution in [2.24, 2.45) is 5.92 Å². The first-order valence-corrected chi connectivity index (χ1v) is 9.46. The lowest BCUT2D eigenvalue weighted by atomic mass is 9.81. The van der Waals surface area contributed by atoms with E-state index in [4.69, 9.17) is 19.2 Å². The fraction of sp³-hybridized carbons (Fsp3) is 0.167. The van der Waals surface area contributed by atoms with Crippen LogP contribution in [0.2, 0.25) is 0 Å². The van der Waals surface area contributed by atoms with E-state index in [1.165, 1.54) is 0 Å². The third-order valence-electron chi connectivity index (χ3n) is 5.05. The van der Waals surface area contributed by atoms with Gasteiger partial charge >= 0.3 is 5.97 Å². The molecule has 0 spiro atoms. The van der Waals surface area contributed by atoms with Crippen molar-refractivity contribution in [1.82, 2.24) is 4.98 Å². The van der Waals surface area contributed by atoms with Crippen LogP contribution in [0.15, 0.2) is 89.3 Å². The van der Waals surface area contributed by atoms with Crippen molar-refractivity contribution in [3.8, 4) is 22.7 Å². The van der Waals surface area contributed by atoms with Crippen molar-refractivity contribution >= 4 is 5.97 Å². The van der Waals surface area contributed by atoms with Gasteiger partial charge in [0, 0.05) is 23.0 Å². The minimum atomic E-state index is -0.988. The molecule has 1 aliphatic carbocycles. The highest BCUT2D eigenvalue weighted by molar-refractivity contribution is 5.68. The van der Waals surface area contributed by atoms with Crippen LogP contribution in [-0.2, 0) is 9.53 Å². The molecular weight excluding hydrogens is 366 g/mol. The molecule has 3 aromatic rings. The monoisotopic (exact) mass is 387 g/mol. The topological polar surface area (TPSA) is 72.6 Å². The number of ether oxygens (including phenoxy) is 1. The van der Waals surface area contributed by atoms with Crippen LogP contribution in [0.1, 0.15) is 18.4 Å². The van der Waals surface area contributed by atoms with Crippen molar-refractivity contribution in [3.05, 3.63) is 90.4 Å². The maximum Gasteiger partial charge on any atom is 0.341 e. The van der Waals surface area contributed by atoms with E-state index in [2.05, 4.69) is 6.08 Å². The first kappa shape index (κ1) is 18.7. The molecule has 5 nitrogen and oxygen atoms in total. The molecule has 5 heteroatoms. The molecule has 1 N–H and O–H groups in total. The third kappa shape index (κ3) is 3.99. The molecule has 2 unspecified atom stereocenters. The van der Waals surface area contributed by atoms with Gasteiger partial charge in [-0.05, 0) is 17.7 Å². The summed E-state index contributed by atoms with van der Waals surface area (Å²) < 4.78 is 11.3. The van der Waals surface area contributed by atoms with E-state index >= 15 is 0 Å². The summed E-state index contributed by atoms with van der Waals surface area (Å²) in [4.78, 5) is 15.6. The molecule has 0 radical (unpaired) electrons. The predicted octanol–water partition coefficient (Wildman–Crippen LogP) is 5.28. The Morgan fingerprint density at radius 2 is 1.90 bits per heavy atom. The number of carboxylic acids is 1. The van der Waals surface area contributed by atoms with Crippen LogP contribution < -0.4 is 0 Å². The molecule has 4 rings (SSSR count). The van der Waals surface area contributed by atoms with E-state index in [-0.39, 0.29) is 18.4 Å². The molecule has 0 amide bonds. The third-order valence-corrected chi connectivity index (χ3v) is 5.05. The lowest BCUT2D eigenvalue weighted by Gasteiger charge is -2.27. The summed E-state index contributed by atoms with van der Waals surface area (Å²) in [6.45, 7) is 1.68. The molecular formula is C24H21NO4. The Balaban J connectivity index is 1.64. The lowest BCUT2D eigenvalue weighted by Crippen LogP contribution is -2.18. The van der Waals surface area contributed by atoms with Gasteiger partial charge in [-0.2, -0.15) is 0 Å². The fourth-order valence-corrected chi connectivity index (χ4v) is 3.58. The summed E-state index contributed by atoms with van der Waals surface area (Å²) in [7, 11) is 0. The SMILES string of the molecule is CC1C(OCC(=O)O)=CC=CC1c1ccccc1-c1nc(-c2ccccc2)co1. The number of hydrogen-bond acceptors (Lipinski definition) is 4. The van der Waals surface area contributed by atoms with Crippen LogP contribution in [0.3, 0.4) is 0 Å². The Morgan fingerprint density at radius 3 is 2.69 bits per heavy atom. The summed E-state index contributed by atoms with van der Waals surface area (Å²) in [5.74, 6) is 0.239. The first-order valence-electron chi connectivity index (χ1n) is 9.46. The van der Waals surface area contributed by atoms with Gasteiger partial charge in [0.15, 0.2) is 6.61 Å². The summed E-state index contributed by atoms with van der Waals surface area (Å²) in [6, 6.07) is 17.9. The minimum Gasteiger partial charge on any atom is -0.486 e. The van der Waals surface area contributed by atoms with Crippen LogP contribution >= 0.6 is 0 Å². The van der Waals surface area contributed by atoms with E-state index in [0.717, 1.165) is 22.4 Å². The Morgan fingerprint density at radius 1 is 1.14 bits per heavy atom. The summed E-state index contributed by atoms with van der Waals surface area (Å²) >= 11 is 0. The van der Waals surface area contributed by atoms with Gasteiger partial charge in [-0.25, -0.2) is 9.78 Å². The van der Waals surface area contributed by atoms with Crippen LogP contribution in [0.4, 0.5) is 0 Å². The molecule has 0 aliphatic heterocycles. The van der Waals surface area contributed by atoms with E-state index in [0.29, 0.717) is 11.6 Å². The Bertz CT molecular complexity index is 1070. The number of benzene rings is 2. The van der Waals surface area contributed by atoms with Crippen LogP contribution in [0.5, 0.6) is 0 Å². The normalized spacial score (nSPS) is 18.3. The van der Waals surface area contributed by atoms with Gasteiger partial charge in [-0.3, -0.25) is 0 Å². The Hall–Kier alpha value is -3.60. The van der Waals surface area contributed by atoms with Crippen LogP contribution in [-0.4, -0.2) is 22.7 Å². The highest BCUT2D eigenvalue weighted by atomic mass is 16.5. The van der Waals surface area contributed by atoms with Gasteiger partial charge in [0.05, 0.1) is 0 Å². The molecule has 1 aliphatic rings. The standard InChI is InChI=1S/C24H21NO4/c1-16-18(12-7-13-22(16)28-15-23(26)27)19-10-5-6-11-20(19)24-25-21(14-29-24)17-8-3-2-4-9-17/h2-14,16,18H,15H2,1H3,(H,26,27). The van der Waals surface area contributed by atoms with Crippen molar-refractivity contribution in [2.45, 2.75) is 12.8 Å². The largest absolute Gasteiger partial charge is 0.486 e. The Labute approximate surface area is 169 Å². The number of allylic oxidation sites excluding steroid dienone is 4. The first-order chi connectivity index (χ1) is 14.1. The maximum atomic E-state index is 10.9. The number of aromatic nitrogens is 1. The zero-order valence-corrected chi connectivity index (χ0v) is 16.0. The molecule has 0 bridgehead atoms. The van der Waals surface area contributed by atoms with Gasteiger partial charge < -0.3 is 14.3 Å². The zero-order chi connectivity index (χ0) is 20.2. The minimum absolute atomic E-state index is 0.0101. The van der Waals surface area contributed by atoms with Gasteiger partial charge in [0.1, 0.15) is 17.7 Å². The quantitative estimate of drug-likeness (QED) is 0.623. The highest BCUT2D eigenvalue weighted by Gasteiger charge is 2.27. The lowest BCUT2D eigenvalue weighted by molar-refractivity contribution is -0.141. The average molecular weight is 387 g/mol. The molecule has 2 atom stereocenters. The molecule has 1 aromatic heterocycles. The fourth-order valence-electron chi connectivity index (χ4n) is 3.58. The van der Waals surface area contributed by atoms with Crippen molar-refractivity contribution in [3.63, 3.8) is 0 Å². The number of carboxylic acid groups (broad SMARTS) is 1. The average Bonchev–Trinajstić information content (AvgIpc) is 3.24. The second-order valence-electron chi connectivity index (χ2n) is 6.94. The van der Waals surface area contributed by atoms with E-state index in [1.54, 1.807) is 6.26 Å². The zero-order valence-electron chi connectivity index (χ0n) is 16.0. The number of nitrogens with zero attached hydrogens (tertiary/aromatic N) is 1. The molecule has 2 aromatic carbocycles.